The Labute approximate surface area is 172 Å². The maximum absolute atomic E-state index is 12.7. The van der Waals surface area contributed by atoms with Gasteiger partial charge in [-0.1, -0.05) is 13.3 Å². The van der Waals surface area contributed by atoms with Crippen molar-refractivity contribution in [3.63, 3.8) is 0 Å². The standard InChI is InChI=1S/C22H31N3O2S/c1-4-18(15-25-12-6-5-7-13-25)24-21(26)14-20-22(23-16(2)28-20)17-8-10-19(27-3)11-9-17/h8-11,18H,4-7,12-15H2,1-3H3,(H,24,26). The molecule has 1 atom stereocenters. The summed E-state index contributed by atoms with van der Waals surface area (Å²) in [7, 11) is 1.66. The second-order valence-corrected chi connectivity index (χ2v) is 8.73. The lowest BCUT2D eigenvalue weighted by Crippen LogP contribution is -2.45. The zero-order valence-corrected chi connectivity index (χ0v) is 18.0. The van der Waals surface area contributed by atoms with Crippen LogP contribution in [0.5, 0.6) is 5.75 Å². The number of thiazole rings is 1. The summed E-state index contributed by atoms with van der Waals surface area (Å²) in [6.07, 6.45) is 5.21. The zero-order chi connectivity index (χ0) is 19.9. The van der Waals surface area contributed by atoms with E-state index in [1.807, 2.05) is 31.2 Å². The summed E-state index contributed by atoms with van der Waals surface area (Å²) in [4.78, 5) is 20.9. The Kier molecular flexibility index (Phi) is 7.45. The number of amides is 1. The van der Waals surface area contributed by atoms with Crippen LogP contribution in [-0.2, 0) is 11.2 Å². The van der Waals surface area contributed by atoms with Gasteiger partial charge in [0.15, 0.2) is 0 Å². The molecule has 1 N–H and O–H groups in total. The minimum absolute atomic E-state index is 0.0854. The minimum atomic E-state index is 0.0854. The van der Waals surface area contributed by atoms with Crippen LogP contribution in [0.3, 0.4) is 0 Å². The first-order valence-corrected chi connectivity index (χ1v) is 11.0. The highest BCUT2D eigenvalue weighted by Gasteiger charge is 2.19. The van der Waals surface area contributed by atoms with Crippen molar-refractivity contribution < 1.29 is 9.53 Å². The van der Waals surface area contributed by atoms with Crippen molar-refractivity contribution in [1.29, 1.82) is 0 Å². The highest BCUT2D eigenvalue weighted by Crippen LogP contribution is 2.29. The summed E-state index contributed by atoms with van der Waals surface area (Å²) < 4.78 is 5.24. The van der Waals surface area contributed by atoms with E-state index in [2.05, 4.69) is 22.1 Å². The van der Waals surface area contributed by atoms with E-state index in [9.17, 15) is 4.79 Å². The summed E-state index contributed by atoms with van der Waals surface area (Å²) in [6, 6.07) is 8.07. The van der Waals surface area contributed by atoms with Gasteiger partial charge in [-0.3, -0.25) is 4.79 Å². The molecule has 1 aliphatic rings. The average Bonchev–Trinajstić information content (AvgIpc) is 3.08. The van der Waals surface area contributed by atoms with Crippen molar-refractivity contribution in [1.82, 2.24) is 15.2 Å². The smallest absolute Gasteiger partial charge is 0.225 e. The number of hydrogen-bond acceptors (Lipinski definition) is 5. The van der Waals surface area contributed by atoms with Crippen LogP contribution in [0, 0.1) is 6.92 Å². The van der Waals surface area contributed by atoms with Crippen molar-refractivity contribution >= 4 is 17.2 Å². The fraction of sp³-hybridized carbons (Fsp3) is 0.545. The van der Waals surface area contributed by atoms with Gasteiger partial charge in [0.25, 0.3) is 0 Å². The number of likely N-dealkylation sites (tertiary alicyclic amines) is 1. The number of nitrogens with zero attached hydrogens (tertiary/aromatic N) is 2. The average molecular weight is 402 g/mol. The van der Waals surface area contributed by atoms with Gasteiger partial charge in [-0.25, -0.2) is 4.98 Å². The monoisotopic (exact) mass is 401 g/mol. The molecule has 1 saturated heterocycles. The van der Waals surface area contributed by atoms with Crippen LogP contribution < -0.4 is 10.1 Å². The molecule has 28 heavy (non-hydrogen) atoms. The van der Waals surface area contributed by atoms with Crippen molar-refractivity contribution in [2.24, 2.45) is 0 Å². The number of rotatable bonds is 8. The van der Waals surface area contributed by atoms with Crippen molar-refractivity contribution in [2.45, 2.75) is 52.0 Å². The molecular formula is C22H31N3O2S. The predicted octanol–water partition coefficient (Wildman–Crippen LogP) is 4.05. The van der Waals surface area contributed by atoms with Gasteiger partial charge in [0.05, 0.1) is 24.2 Å². The molecule has 1 fully saturated rings. The van der Waals surface area contributed by atoms with E-state index < -0.39 is 0 Å². The van der Waals surface area contributed by atoms with Gasteiger partial charge in [-0.15, -0.1) is 11.3 Å². The van der Waals surface area contributed by atoms with Gasteiger partial charge < -0.3 is 15.0 Å². The maximum Gasteiger partial charge on any atom is 0.225 e. The first-order valence-electron chi connectivity index (χ1n) is 10.2. The Hall–Kier alpha value is -1.92. The highest BCUT2D eigenvalue weighted by atomic mass is 32.1. The number of aryl methyl sites for hydroxylation is 1. The number of aromatic nitrogens is 1. The van der Waals surface area contributed by atoms with Crippen LogP contribution in [-0.4, -0.2) is 48.6 Å². The van der Waals surface area contributed by atoms with Gasteiger partial charge in [-0.2, -0.15) is 0 Å². The van der Waals surface area contributed by atoms with Crippen LogP contribution >= 0.6 is 11.3 Å². The molecule has 2 aromatic rings. The van der Waals surface area contributed by atoms with Crippen LogP contribution in [0.15, 0.2) is 24.3 Å². The van der Waals surface area contributed by atoms with E-state index in [1.165, 1.54) is 19.3 Å². The molecule has 3 rings (SSSR count). The fourth-order valence-corrected chi connectivity index (χ4v) is 4.68. The molecule has 0 saturated carbocycles. The maximum atomic E-state index is 12.7. The SMILES string of the molecule is CCC(CN1CCCCC1)NC(=O)Cc1sc(C)nc1-c1ccc(OC)cc1. The number of methoxy groups -OCH3 is 1. The second-order valence-electron chi connectivity index (χ2n) is 7.44. The lowest BCUT2D eigenvalue weighted by molar-refractivity contribution is -0.121. The van der Waals surface area contributed by atoms with Crippen LogP contribution in [0.25, 0.3) is 11.3 Å². The summed E-state index contributed by atoms with van der Waals surface area (Å²) in [5, 5.41) is 4.23. The van der Waals surface area contributed by atoms with Crippen molar-refractivity contribution in [3.05, 3.63) is 34.2 Å². The Morgan fingerprint density at radius 3 is 2.61 bits per heavy atom. The van der Waals surface area contributed by atoms with Gasteiger partial charge >= 0.3 is 0 Å². The summed E-state index contributed by atoms with van der Waals surface area (Å²) >= 11 is 1.60. The largest absolute Gasteiger partial charge is 0.497 e. The Bertz CT molecular complexity index is 767. The van der Waals surface area contributed by atoms with Crippen LogP contribution in [0.4, 0.5) is 0 Å². The van der Waals surface area contributed by atoms with Gasteiger partial charge in [0.1, 0.15) is 5.75 Å². The van der Waals surface area contributed by atoms with Gasteiger partial charge in [0.2, 0.25) is 5.91 Å². The summed E-state index contributed by atoms with van der Waals surface area (Å²) in [6.45, 7) is 7.40. The van der Waals surface area contributed by atoms with Crippen molar-refractivity contribution in [3.8, 4) is 17.0 Å². The molecule has 1 unspecified atom stereocenters. The van der Waals surface area contributed by atoms with Crippen LogP contribution in [0.1, 0.15) is 42.5 Å². The Balaban J connectivity index is 1.64. The second kappa shape index (κ2) is 10.0. The first-order chi connectivity index (χ1) is 13.6. The van der Waals surface area contributed by atoms with E-state index in [0.29, 0.717) is 6.42 Å². The Morgan fingerprint density at radius 1 is 1.25 bits per heavy atom. The molecule has 1 aliphatic heterocycles. The molecule has 2 heterocycles. The third kappa shape index (κ3) is 5.55. The van der Waals surface area contributed by atoms with E-state index >= 15 is 0 Å². The molecule has 1 amide bonds. The zero-order valence-electron chi connectivity index (χ0n) is 17.2. The summed E-state index contributed by atoms with van der Waals surface area (Å²) in [5.74, 6) is 0.903. The molecule has 5 nitrogen and oxygen atoms in total. The number of carbonyl (C=O) groups excluding carboxylic acids is 1. The van der Waals surface area contributed by atoms with E-state index in [1.54, 1.807) is 18.4 Å². The molecule has 1 aromatic heterocycles. The lowest BCUT2D eigenvalue weighted by atomic mass is 10.1. The van der Waals surface area contributed by atoms with E-state index in [4.69, 9.17) is 4.74 Å². The molecule has 0 spiro atoms. The number of hydrogen-bond donors (Lipinski definition) is 1. The predicted molar refractivity (Wildman–Crippen MR) is 115 cm³/mol. The minimum Gasteiger partial charge on any atom is -0.497 e. The highest BCUT2D eigenvalue weighted by molar-refractivity contribution is 7.12. The Morgan fingerprint density at radius 2 is 1.96 bits per heavy atom. The normalized spacial score (nSPS) is 16.0. The van der Waals surface area contributed by atoms with Gasteiger partial charge in [-0.05, 0) is 63.5 Å². The number of ether oxygens (including phenoxy) is 1. The van der Waals surface area contributed by atoms with Gasteiger partial charge in [0, 0.05) is 23.0 Å². The number of carbonyl (C=O) groups is 1. The summed E-state index contributed by atoms with van der Waals surface area (Å²) in [5.41, 5.74) is 1.93. The van der Waals surface area contributed by atoms with E-state index in [-0.39, 0.29) is 11.9 Å². The van der Waals surface area contributed by atoms with E-state index in [0.717, 1.165) is 52.9 Å². The topological polar surface area (TPSA) is 54.5 Å². The number of benzene rings is 1. The molecule has 6 heteroatoms. The molecule has 1 aromatic carbocycles. The number of piperidine rings is 1. The molecule has 0 radical (unpaired) electrons. The first kappa shape index (κ1) is 20.8. The van der Waals surface area contributed by atoms with Crippen LogP contribution in [0.2, 0.25) is 0 Å². The third-order valence-electron chi connectivity index (χ3n) is 5.27. The third-order valence-corrected chi connectivity index (χ3v) is 6.24. The molecule has 0 bridgehead atoms. The quantitative estimate of drug-likeness (QED) is 0.725. The lowest BCUT2D eigenvalue weighted by Gasteiger charge is -2.30. The number of nitrogens with one attached hydrogen (secondary N) is 1. The molecule has 0 aliphatic carbocycles. The van der Waals surface area contributed by atoms with Crippen molar-refractivity contribution in [2.75, 3.05) is 26.7 Å². The molecular weight excluding hydrogens is 370 g/mol. The fourth-order valence-electron chi connectivity index (χ4n) is 3.72. The molecule has 152 valence electrons.